The third kappa shape index (κ3) is 3.36. The molecular formula is C15H18ClN3O2. The van der Waals surface area contributed by atoms with Crippen molar-refractivity contribution in [1.29, 1.82) is 0 Å². The van der Waals surface area contributed by atoms with E-state index in [-0.39, 0.29) is 6.10 Å². The highest BCUT2D eigenvalue weighted by molar-refractivity contribution is 6.30. The van der Waals surface area contributed by atoms with Gasteiger partial charge in [0, 0.05) is 5.02 Å². The van der Waals surface area contributed by atoms with Crippen molar-refractivity contribution < 1.29 is 9.84 Å². The first-order valence-electron chi connectivity index (χ1n) is 7.13. The number of nitrogens with zero attached hydrogens (tertiary/aromatic N) is 3. The second kappa shape index (κ2) is 6.03. The highest BCUT2D eigenvalue weighted by Crippen LogP contribution is 2.33. The molecule has 2 atom stereocenters. The van der Waals surface area contributed by atoms with Crippen LogP contribution in [0.2, 0.25) is 5.02 Å². The molecule has 6 heteroatoms. The summed E-state index contributed by atoms with van der Waals surface area (Å²) in [7, 11) is 0. The molecule has 0 amide bonds. The van der Waals surface area contributed by atoms with Crippen LogP contribution in [0.5, 0.6) is 5.75 Å². The van der Waals surface area contributed by atoms with Crippen LogP contribution >= 0.6 is 11.6 Å². The molecule has 1 aromatic heterocycles. The first kappa shape index (κ1) is 14.4. The number of hydrogen-bond acceptors (Lipinski definition) is 4. The normalized spacial score (nSPS) is 25.7. The van der Waals surface area contributed by atoms with E-state index in [4.69, 9.17) is 16.3 Å². The lowest BCUT2D eigenvalue weighted by atomic mass is 9.82. The summed E-state index contributed by atoms with van der Waals surface area (Å²) < 4.78 is 7.66. The predicted molar refractivity (Wildman–Crippen MR) is 79.3 cm³/mol. The second-order valence-electron chi connectivity index (χ2n) is 5.50. The minimum Gasteiger partial charge on any atom is -0.487 e. The second-order valence-corrected chi connectivity index (χ2v) is 5.94. The summed E-state index contributed by atoms with van der Waals surface area (Å²) in [6.45, 7) is 0.394. The van der Waals surface area contributed by atoms with Gasteiger partial charge in [-0.25, -0.2) is 9.67 Å². The smallest absolute Gasteiger partial charge is 0.137 e. The molecule has 0 spiro atoms. The zero-order valence-electron chi connectivity index (χ0n) is 11.7. The summed E-state index contributed by atoms with van der Waals surface area (Å²) in [6.07, 6.45) is 6.41. The molecule has 2 aromatic rings. The molecule has 1 heterocycles. The third-order valence-electron chi connectivity index (χ3n) is 3.92. The lowest BCUT2D eigenvalue weighted by Crippen LogP contribution is -2.51. The number of aromatic nitrogens is 3. The van der Waals surface area contributed by atoms with Crippen molar-refractivity contribution in [2.45, 2.75) is 43.9 Å². The number of hydrogen-bond donors (Lipinski definition) is 1. The Kier molecular flexibility index (Phi) is 4.12. The van der Waals surface area contributed by atoms with Crippen LogP contribution in [-0.4, -0.2) is 31.6 Å². The van der Waals surface area contributed by atoms with Crippen LogP contribution in [0.3, 0.4) is 0 Å². The number of aliphatic hydroxyl groups is 1. The van der Waals surface area contributed by atoms with E-state index in [9.17, 15) is 5.11 Å². The van der Waals surface area contributed by atoms with Crippen molar-refractivity contribution in [3.63, 3.8) is 0 Å². The summed E-state index contributed by atoms with van der Waals surface area (Å²) in [4.78, 5) is 3.92. The fraction of sp³-hybridized carbons (Fsp3) is 0.467. The molecule has 1 aliphatic rings. The van der Waals surface area contributed by atoms with Crippen LogP contribution in [0, 0.1) is 0 Å². The average Bonchev–Trinajstić information content (AvgIpc) is 2.96. The average molecular weight is 308 g/mol. The van der Waals surface area contributed by atoms with Crippen molar-refractivity contribution in [3.05, 3.63) is 41.9 Å². The van der Waals surface area contributed by atoms with Crippen molar-refractivity contribution in [3.8, 4) is 5.75 Å². The Morgan fingerprint density at radius 3 is 2.86 bits per heavy atom. The molecule has 0 aliphatic heterocycles. The highest BCUT2D eigenvalue weighted by Gasteiger charge is 2.41. The Morgan fingerprint density at radius 1 is 1.33 bits per heavy atom. The molecule has 1 fully saturated rings. The molecular weight excluding hydrogens is 290 g/mol. The van der Waals surface area contributed by atoms with E-state index in [2.05, 4.69) is 10.1 Å². The van der Waals surface area contributed by atoms with Crippen LogP contribution in [0.15, 0.2) is 36.9 Å². The van der Waals surface area contributed by atoms with Gasteiger partial charge in [0.1, 0.15) is 30.1 Å². The molecule has 0 saturated heterocycles. The third-order valence-corrected chi connectivity index (χ3v) is 4.17. The minimum absolute atomic E-state index is 0.253. The van der Waals surface area contributed by atoms with E-state index in [1.165, 1.54) is 6.33 Å². The largest absolute Gasteiger partial charge is 0.487 e. The molecule has 0 bridgehead atoms. The molecule has 112 valence electrons. The molecule has 3 rings (SSSR count). The van der Waals surface area contributed by atoms with Gasteiger partial charge in [-0.3, -0.25) is 0 Å². The van der Waals surface area contributed by atoms with E-state index >= 15 is 0 Å². The molecule has 5 nitrogen and oxygen atoms in total. The van der Waals surface area contributed by atoms with Crippen LogP contribution < -0.4 is 4.74 Å². The van der Waals surface area contributed by atoms with Gasteiger partial charge in [0.2, 0.25) is 0 Å². The lowest BCUT2D eigenvalue weighted by molar-refractivity contribution is -0.0994. The fourth-order valence-electron chi connectivity index (χ4n) is 2.81. The molecule has 1 saturated carbocycles. The van der Waals surface area contributed by atoms with E-state index in [0.717, 1.165) is 25.0 Å². The maximum Gasteiger partial charge on any atom is 0.137 e. The maximum absolute atomic E-state index is 11.0. The Hall–Kier alpha value is -1.59. The number of ether oxygens (including phenoxy) is 1. The van der Waals surface area contributed by atoms with Gasteiger partial charge in [-0.05, 0) is 43.5 Å². The summed E-state index contributed by atoms with van der Waals surface area (Å²) in [6, 6.07) is 7.23. The summed E-state index contributed by atoms with van der Waals surface area (Å²) in [5, 5.41) is 15.7. The van der Waals surface area contributed by atoms with E-state index in [1.54, 1.807) is 23.1 Å². The summed E-state index contributed by atoms with van der Waals surface area (Å²) in [5.74, 6) is 0.725. The quantitative estimate of drug-likeness (QED) is 0.943. The van der Waals surface area contributed by atoms with E-state index in [1.807, 2.05) is 12.1 Å². The monoisotopic (exact) mass is 307 g/mol. The van der Waals surface area contributed by atoms with Crippen LogP contribution in [0.25, 0.3) is 0 Å². The topological polar surface area (TPSA) is 60.2 Å². The van der Waals surface area contributed by atoms with Crippen LogP contribution in [0.4, 0.5) is 0 Å². The Bertz CT molecular complexity index is 573. The summed E-state index contributed by atoms with van der Waals surface area (Å²) in [5.41, 5.74) is -0.925. The zero-order chi connectivity index (χ0) is 14.7. The van der Waals surface area contributed by atoms with Crippen LogP contribution in [0.1, 0.15) is 25.7 Å². The summed E-state index contributed by atoms with van der Waals surface area (Å²) >= 11 is 5.88. The standard InChI is InChI=1S/C15H18ClN3O2/c16-12-4-6-13(7-5-12)21-14-3-1-2-8-15(14,20)9-19-11-17-10-18-19/h4-7,10-11,14,20H,1-3,8-9H2. The lowest BCUT2D eigenvalue weighted by Gasteiger charge is -2.39. The van der Waals surface area contributed by atoms with Crippen LogP contribution in [-0.2, 0) is 6.54 Å². The molecule has 1 N–H and O–H groups in total. The van der Waals surface area contributed by atoms with Crippen molar-refractivity contribution in [2.75, 3.05) is 0 Å². The maximum atomic E-state index is 11.0. The highest BCUT2D eigenvalue weighted by atomic mass is 35.5. The van der Waals surface area contributed by atoms with Gasteiger partial charge in [0.05, 0.1) is 6.54 Å². The van der Waals surface area contributed by atoms with Gasteiger partial charge < -0.3 is 9.84 Å². The Morgan fingerprint density at radius 2 is 2.14 bits per heavy atom. The molecule has 2 unspecified atom stereocenters. The van der Waals surface area contributed by atoms with Crippen molar-refractivity contribution in [2.24, 2.45) is 0 Å². The number of benzene rings is 1. The molecule has 0 radical (unpaired) electrons. The van der Waals surface area contributed by atoms with Gasteiger partial charge in [0.15, 0.2) is 0 Å². The van der Waals surface area contributed by atoms with E-state index in [0.29, 0.717) is 18.0 Å². The van der Waals surface area contributed by atoms with Gasteiger partial charge in [0.25, 0.3) is 0 Å². The van der Waals surface area contributed by atoms with Crippen molar-refractivity contribution >= 4 is 11.6 Å². The minimum atomic E-state index is -0.925. The SMILES string of the molecule is OC1(Cn2cncn2)CCCCC1Oc1ccc(Cl)cc1. The first-order chi connectivity index (χ1) is 10.2. The van der Waals surface area contributed by atoms with Crippen molar-refractivity contribution in [1.82, 2.24) is 14.8 Å². The number of halogens is 1. The first-order valence-corrected chi connectivity index (χ1v) is 7.50. The fourth-order valence-corrected chi connectivity index (χ4v) is 2.94. The Labute approximate surface area is 128 Å². The molecule has 1 aromatic carbocycles. The zero-order valence-corrected chi connectivity index (χ0v) is 12.4. The van der Waals surface area contributed by atoms with E-state index < -0.39 is 5.60 Å². The Balaban J connectivity index is 1.75. The van der Waals surface area contributed by atoms with Gasteiger partial charge in [-0.1, -0.05) is 18.0 Å². The molecule has 1 aliphatic carbocycles. The number of rotatable bonds is 4. The van der Waals surface area contributed by atoms with Gasteiger partial charge >= 0.3 is 0 Å². The van der Waals surface area contributed by atoms with Gasteiger partial charge in [-0.2, -0.15) is 5.10 Å². The predicted octanol–water partition coefficient (Wildman–Crippen LogP) is 2.68. The van der Waals surface area contributed by atoms with Gasteiger partial charge in [-0.15, -0.1) is 0 Å². The molecule has 21 heavy (non-hydrogen) atoms.